The second kappa shape index (κ2) is 7.53. The fourth-order valence-corrected chi connectivity index (χ4v) is 2.60. The average molecular weight is 276 g/mol. The highest BCUT2D eigenvalue weighted by Crippen LogP contribution is 2.32. The summed E-state index contributed by atoms with van der Waals surface area (Å²) in [5.41, 5.74) is 2.56. The van der Waals surface area contributed by atoms with Crippen LogP contribution in [0.15, 0.2) is 18.2 Å². The zero-order valence-corrected chi connectivity index (χ0v) is 13.1. The number of anilines is 1. The normalized spacial score (nSPS) is 16.4. The Morgan fingerprint density at radius 1 is 1.25 bits per heavy atom. The van der Waals surface area contributed by atoms with Crippen LogP contribution in [0, 0.1) is 0 Å². The number of nitrogens with zero attached hydrogens (tertiary/aromatic N) is 1. The summed E-state index contributed by atoms with van der Waals surface area (Å²) in [5, 5.41) is 3.54. The van der Waals surface area contributed by atoms with Crippen LogP contribution in [0.5, 0.6) is 5.75 Å². The monoisotopic (exact) mass is 276 g/mol. The molecule has 1 unspecified atom stereocenters. The predicted molar refractivity (Wildman–Crippen MR) is 85.7 cm³/mol. The number of benzene rings is 1. The smallest absolute Gasteiger partial charge is 0.142 e. The van der Waals surface area contributed by atoms with Crippen molar-refractivity contribution in [2.24, 2.45) is 0 Å². The number of hydrogen-bond acceptors (Lipinski definition) is 3. The second-order valence-electron chi connectivity index (χ2n) is 5.62. The van der Waals surface area contributed by atoms with Gasteiger partial charge in [-0.1, -0.05) is 13.0 Å². The lowest BCUT2D eigenvalue weighted by atomic mass is 10.1. The summed E-state index contributed by atoms with van der Waals surface area (Å²) in [5.74, 6) is 1.04. The minimum atomic E-state index is 0.559. The van der Waals surface area contributed by atoms with E-state index in [9.17, 15) is 0 Å². The quantitative estimate of drug-likeness (QED) is 0.824. The van der Waals surface area contributed by atoms with Crippen molar-refractivity contribution in [3.63, 3.8) is 0 Å². The molecule has 1 aromatic carbocycles. The summed E-state index contributed by atoms with van der Waals surface area (Å²) in [4.78, 5) is 2.44. The summed E-state index contributed by atoms with van der Waals surface area (Å²) in [6.07, 6.45) is 3.75. The zero-order chi connectivity index (χ0) is 14.4. The van der Waals surface area contributed by atoms with E-state index in [1.807, 2.05) is 0 Å². The van der Waals surface area contributed by atoms with E-state index in [0.717, 1.165) is 38.4 Å². The highest BCUT2D eigenvalue weighted by atomic mass is 16.5. The molecule has 0 radical (unpaired) electrons. The molecule has 1 aromatic rings. The zero-order valence-electron chi connectivity index (χ0n) is 13.1. The molecular formula is C17H28N2O. The van der Waals surface area contributed by atoms with Gasteiger partial charge in [-0.25, -0.2) is 0 Å². The Hall–Kier alpha value is -1.22. The van der Waals surface area contributed by atoms with E-state index < -0.39 is 0 Å². The second-order valence-corrected chi connectivity index (χ2v) is 5.62. The van der Waals surface area contributed by atoms with Gasteiger partial charge in [-0.3, -0.25) is 0 Å². The van der Waals surface area contributed by atoms with Gasteiger partial charge in [0.1, 0.15) is 5.75 Å². The van der Waals surface area contributed by atoms with Crippen LogP contribution >= 0.6 is 0 Å². The van der Waals surface area contributed by atoms with Gasteiger partial charge in [0.15, 0.2) is 0 Å². The Morgan fingerprint density at radius 3 is 2.65 bits per heavy atom. The third-order valence-corrected chi connectivity index (χ3v) is 4.04. The topological polar surface area (TPSA) is 24.5 Å². The van der Waals surface area contributed by atoms with Gasteiger partial charge in [-0.2, -0.15) is 0 Å². The third-order valence-electron chi connectivity index (χ3n) is 4.04. The first-order chi connectivity index (χ1) is 9.74. The van der Waals surface area contributed by atoms with Crippen LogP contribution in [0.1, 0.15) is 45.6 Å². The summed E-state index contributed by atoms with van der Waals surface area (Å²) in [6.45, 7) is 10.4. The first-order valence-electron chi connectivity index (χ1n) is 7.98. The molecule has 0 amide bonds. The predicted octanol–water partition coefficient (Wildman–Crippen LogP) is 3.57. The minimum absolute atomic E-state index is 0.559. The lowest BCUT2D eigenvalue weighted by Gasteiger charge is -2.22. The van der Waals surface area contributed by atoms with Crippen molar-refractivity contribution in [2.45, 2.75) is 52.6 Å². The average Bonchev–Trinajstić information content (AvgIpc) is 2.99. The van der Waals surface area contributed by atoms with Crippen LogP contribution in [-0.4, -0.2) is 25.7 Å². The molecule has 3 heteroatoms. The Kier molecular flexibility index (Phi) is 5.72. The molecule has 1 saturated heterocycles. The molecule has 1 aliphatic rings. The molecule has 0 aromatic heterocycles. The molecule has 1 heterocycles. The molecule has 20 heavy (non-hydrogen) atoms. The Labute approximate surface area is 123 Å². The highest BCUT2D eigenvalue weighted by molar-refractivity contribution is 5.60. The Morgan fingerprint density at radius 2 is 2.00 bits per heavy atom. The van der Waals surface area contributed by atoms with Crippen molar-refractivity contribution in [1.82, 2.24) is 5.32 Å². The summed E-state index contributed by atoms with van der Waals surface area (Å²) in [6, 6.07) is 7.21. The van der Waals surface area contributed by atoms with Crippen LogP contribution in [0.2, 0.25) is 0 Å². The maximum Gasteiger partial charge on any atom is 0.142 e. The van der Waals surface area contributed by atoms with Crippen molar-refractivity contribution in [2.75, 3.05) is 24.6 Å². The molecule has 0 spiro atoms. The SMILES string of the molecule is CCOc1cc(CNC(C)CC)ccc1N1CCCC1. The molecule has 1 fully saturated rings. The van der Waals surface area contributed by atoms with Crippen molar-refractivity contribution in [3.05, 3.63) is 23.8 Å². The lowest BCUT2D eigenvalue weighted by Crippen LogP contribution is -2.24. The summed E-state index contributed by atoms with van der Waals surface area (Å²) >= 11 is 0. The fourth-order valence-electron chi connectivity index (χ4n) is 2.60. The molecule has 1 N–H and O–H groups in total. The number of nitrogens with one attached hydrogen (secondary N) is 1. The number of hydrogen-bond donors (Lipinski definition) is 1. The van der Waals surface area contributed by atoms with Gasteiger partial charge in [0, 0.05) is 25.7 Å². The van der Waals surface area contributed by atoms with Gasteiger partial charge < -0.3 is 15.0 Å². The maximum atomic E-state index is 5.85. The lowest BCUT2D eigenvalue weighted by molar-refractivity contribution is 0.340. The van der Waals surface area contributed by atoms with Gasteiger partial charge in [0.05, 0.1) is 12.3 Å². The van der Waals surface area contributed by atoms with Crippen molar-refractivity contribution in [1.29, 1.82) is 0 Å². The van der Waals surface area contributed by atoms with Crippen molar-refractivity contribution < 1.29 is 4.74 Å². The third kappa shape index (κ3) is 3.89. The van der Waals surface area contributed by atoms with Crippen LogP contribution in [0.25, 0.3) is 0 Å². The van der Waals surface area contributed by atoms with Crippen LogP contribution < -0.4 is 15.0 Å². The van der Waals surface area contributed by atoms with E-state index in [-0.39, 0.29) is 0 Å². The van der Waals surface area contributed by atoms with E-state index in [2.05, 4.69) is 49.2 Å². The fraction of sp³-hybridized carbons (Fsp3) is 0.647. The van der Waals surface area contributed by atoms with E-state index in [1.165, 1.54) is 24.1 Å². The van der Waals surface area contributed by atoms with E-state index in [1.54, 1.807) is 0 Å². The molecule has 3 nitrogen and oxygen atoms in total. The molecule has 1 aliphatic heterocycles. The van der Waals surface area contributed by atoms with E-state index >= 15 is 0 Å². The van der Waals surface area contributed by atoms with Crippen LogP contribution in [-0.2, 0) is 6.54 Å². The van der Waals surface area contributed by atoms with Crippen LogP contribution in [0.3, 0.4) is 0 Å². The molecular weight excluding hydrogens is 248 g/mol. The molecule has 0 aliphatic carbocycles. The molecule has 112 valence electrons. The highest BCUT2D eigenvalue weighted by Gasteiger charge is 2.16. The summed E-state index contributed by atoms with van der Waals surface area (Å²) in [7, 11) is 0. The van der Waals surface area contributed by atoms with Gasteiger partial charge in [-0.05, 0) is 50.8 Å². The minimum Gasteiger partial charge on any atom is -0.492 e. The van der Waals surface area contributed by atoms with E-state index in [0.29, 0.717) is 6.04 Å². The molecule has 0 bridgehead atoms. The molecule has 1 atom stereocenters. The van der Waals surface area contributed by atoms with Crippen LogP contribution in [0.4, 0.5) is 5.69 Å². The maximum absolute atomic E-state index is 5.85. The van der Waals surface area contributed by atoms with Gasteiger partial charge >= 0.3 is 0 Å². The van der Waals surface area contributed by atoms with Crippen molar-refractivity contribution >= 4 is 5.69 Å². The first kappa shape index (κ1) is 15.2. The van der Waals surface area contributed by atoms with E-state index in [4.69, 9.17) is 4.74 Å². The van der Waals surface area contributed by atoms with Gasteiger partial charge in [-0.15, -0.1) is 0 Å². The molecule has 0 saturated carbocycles. The largest absolute Gasteiger partial charge is 0.492 e. The number of rotatable bonds is 7. The number of ether oxygens (including phenoxy) is 1. The van der Waals surface area contributed by atoms with Crippen molar-refractivity contribution in [3.8, 4) is 5.75 Å². The van der Waals surface area contributed by atoms with Gasteiger partial charge in [0.25, 0.3) is 0 Å². The standard InChI is InChI=1S/C17H28N2O/c1-4-14(3)18-13-15-8-9-16(17(12-15)20-5-2)19-10-6-7-11-19/h8-9,12,14,18H,4-7,10-11,13H2,1-3H3. The Balaban J connectivity index is 2.09. The molecule has 2 rings (SSSR count). The summed E-state index contributed by atoms with van der Waals surface area (Å²) < 4.78 is 5.85. The van der Waals surface area contributed by atoms with Gasteiger partial charge in [0.2, 0.25) is 0 Å². The first-order valence-corrected chi connectivity index (χ1v) is 7.98. The Bertz CT molecular complexity index is 413.